The molecular formula is C25H28ClF3O2. The molecule has 1 aliphatic carbocycles. The fraction of sp³-hybridized carbons (Fsp3) is 0.520. The van der Waals surface area contributed by atoms with E-state index in [1.807, 2.05) is 6.07 Å². The molecule has 0 atom stereocenters. The number of hydrogen-bond donors (Lipinski definition) is 0. The van der Waals surface area contributed by atoms with Gasteiger partial charge in [0, 0.05) is 17.4 Å². The Balaban J connectivity index is 1.38. The quantitative estimate of drug-likeness (QED) is 0.437. The maximum Gasteiger partial charge on any atom is 0.160 e. The summed E-state index contributed by atoms with van der Waals surface area (Å²) >= 11 is 5.53. The molecule has 4 rings (SSSR count). The van der Waals surface area contributed by atoms with Gasteiger partial charge in [-0.15, -0.1) is 0 Å². The van der Waals surface area contributed by atoms with Crippen molar-refractivity contribution in [1.82, 2.24) is 0 Å². The molecule has 1 aliphatic heterocycles. The maximum atomic E-state index is 14.8. The SMILES string of the molecule is CCCC1COC(C2CCC(c3ccc(-c4cc(F)c(Cl)c(F)c4)c(F)c3)CC2)OC1. The fourth-order valence-electron chi connectivity index (χ4n) is 4.86. The molecule has 2 aromatic carbocycles. The van der Waals surface area contributed by atoms with Gasteiger partial charge in [0.2, 0.25) is 0 Å². The summed E-state index contributed by atoms with van der Waals surface area (Å²) in [7, 11) is 0. The summed E-state index contributed by atoms with van der Waals surface area (Å²) in [5, 5.41) is -0.579. The molecular weight excluding hydrogens is 425 g/mol. The first-order valence-electron chi connectivity index (χ1n) is 11.1. The number of hydrogen-bond acceptors (Lipinski definition) is 2. The van der Waals surface area contributed by atoms with Crippen LogP contribution in [0.25, 0.3) is 11.1 Å². The first-order valence-corrected chi connectivity index (χ1v) is 11.5. The predicted octanol–water partition coefficient (Wildman–Crippen LogP) is 7.49. The van der Waals surface area contributed by atoms with Crippen LogP contribution in [0.5, 0.6) is 0 Å². The second-order valence-electron chi connectivity index (χ2n) is 8.79. The van der Waals surface area contributed by atoms with Gasteiger partial charge in [-0.25, -0.2) is 13.2 Å². The summed E-state index contributed by atoms with van der Waals surface area (Å²) in [6.45, 7) is 3.72. The maximum absolute atomic E-state index is 14.8. The fourth-order valence-corrected chi connectivity index (χ4v) is 4.97. The molecule has 0 spiro atoms. The van der Waals surface area contributed by atoms with Crippen molar-refractivity contribution >= 4 is 11.6 Å². The van der Waals surface area contributed by atoms with Crippen molar-refractivity contribution < 1.29 is 22.6 Å². The molecule has 0 unspecified atom stereocenters. The van der Waals surface area contributed by atoms with Crippen LogP contribution in [0.2, 0.25) is 5.02 Å². The Hall–Kier alpha value is -1.56. The zero-order valence-corrected chi connectivity index (χ0v) is 18.4. The van der Waals surface area contributed by atoms with Gasteiger partial charge in [-0.2, -0.15) is 0 Å². The van der Waals surface area contributed by atoms with Gasteiger partial charge in [-0.1, -0.05) is 37.1 Å². The van der Waals surface area contributed by atoms with Crippen LogP contribution < -0.4 is 0 Å². The predicted molar refractivity (Wildman–Crippen MR) is 116 cm³/mol. The second-order valence-corrected chi connectivity index (χ2v) is 9.17. The van der Waals surface area contributed by atoms with Gasteiger partial charge in [-0.05, 0) is 67.3 Å². The molecule has 2 aromatic rings. The molecule has 0 bridgehead atoms. The molecule has 1 saturated heterocycles. The third-order valence-electron chi connectivity index (χ3n) is 6.61. The van der Waals surface area contributed by atoms with Gasteiger partial charge < -0.3 is 9.47 Å². The first kappa shape index (κ1) is 22.6. The highest BCUT2D eigenvalue weighted by Gasteiger charge is 2.33. The topological polar surface area (TPSA) is 18.5 Å². The number of halogens is 4. The molecule has 31 heavy (non-hydrogen) atoms. The molecule has 2 aliphatic rings. The summed E-state index contributed by atoms with van der Waals surface area (Å²) in [6.07, 6.45) is 5.99. The van der Waals surface area contributed by atoms with Crippen LogP contribution in [0.3, 0.4) is 0 Å². The second kappa shape index (κ2) is 9.93. The molecule has 1 saturated carbocycles. The zero-order chi connectivity index (χ0) is 22.0. The van der Waals surface area contributed by atoms with Crippen molar-refractivity contribution in [1.29, 1.82) is 0 Å². The average molecular weight is 453 g/mol. The Labute approximate surface area is 186 Å². The van der Waals surface area contributed by atoms with E-state index >= 15 is 0 Å². The Morgan fingerprint density at radius 3 is 2.13 bits per heavy atom. The van der Waals surface area contributed by atoms with E-state index in [4.69, 9.17) is 21.1 Å². The van der Waals surface area contributed by atoms with Crippen LogP contribution in [-0.4, -0.2) is 19.5 Å². The van der Waals surface area contributed by atoms with Gasteiger partial charge >= 0.3 is 0 Å². The minimum absolute atomic E-state index is 0.122. The molecule has 0 N–H and O–H groups in total. The van der Waals surface area contributed by atoms with Gasteiger partial charge in [-0.3, -0.25) is 0 Å². The van der Waals surface area contributed by atoms with Crippen LogP contribution in [0.4, 0.5) is 13.2 Å². The first-order chi connectivity index (χ1) is 15.0. The molecule has 2 fully saturated rings. The molecule has 0 amide bonds. The third-order valence-corrected chi connectivity index (χ3v) is 6.97. The van der Waals surface area contributed by atoms with Crippen LogP contribution in [0, 0.1) is 29.3 Å². The van der Waals surface area contributed by atoms with E-state index in [2.05, 4.69) is 6.92 Å². The van der Waals surface area contributed by atoms with E-state index in [1.165, 1.54) is 6.07 Å². The van der Waals surface area contributed by atoms with Gasteiger partial charge in [0.25, 0.3) is 0 Å². The Kier molecular flexibility index (Phi) is 7.25. The average Bonchev–Trinajstić information content (AvgIpc) is 2.78. The van der Waals surface area contributed by atoms with Crippen molar-refractivity contribution in [3.8, 4) is 11.1 Å². The Bertz CT molecular complexity index is 881. The molecule has 168 valence electrons. The molecule has 1 heterocycles. The monoisotopic (exact) mass is 452 g/mol. The highest BCUT2D eigenvalue weighted by Crippen LogP contribution is 2.40. The summed E-state index contributed by atoms with van der Waals surface area (Å²) in [6, 6.07) is 7.07. The minimum atomic E-state index is -0.897. The van der Waals surface area contributed by atoms with Crippen LogP contribution >= 0.6 is 11.6 Å². The van der Waals surface area contributed by atoms with E-state index in [0.29, 0.717) is 11.8 Å². The van der Waals surface area contributed by atoms with Crippen LogP contribution in [-0.2, 0) is 9.47 Å². The molecule has 2 nitrogen and oxygen atoms in total. The number of ether oxygens (including phenoxy) is 2. The van der Waals surface area contributed by atoms with Crippen molar-refractivity contribution in [2.24, 2.45) is 11.8 Å². The van der Waals surface area contributed by atoms with Crippen molar-refractivity contribution in [2.45, 2.75) is 57.7 Å². The van der Waals surface area contributed by atoms with Crippen LogP contribution in [0.1, 0.15) is 56.9 Å². The van der Waals surface area contributed by atoms with E-state index in [1.54, 1.807) is 6.07 Å². The lowest BCUT2D eigenvalue weighted by Crippen LogP contribution is -2.38. The van der Waals surface area contributed by atoms with E-state index in [0.717, 1.165) is 69.4 Å². The Morgan fingerprint density at radius 1 is 0.903 bits per heavy atom. The Morgan fingerprint density at radius 2 is 1.55 bits per heavy atom. The number of benzene rings is 2. The van der Waals surface area contributed by atoms with E-state index in [9.17, 15) is 13.2 Å². The van der Waals surface area contributed by atoms with Crippen molar-refractivity contribution in [3.05, 3.63) is 58.4 Å². The lowest BCUT2D eigenvalue weighted by atomic mass is 9.78. The largest absolute Gasteiger partial charge is 0.352 e. The smallest absolute Gasteiger partial charge is 0.160 e. The number of rotatable bonds is 5. The van der Waals surface area contributed by atoms with Crippen molar-refractivity contribution in [3.63, 3.8) is 0 Å². The third kappa shape index (κ3) is 5.10. The van der Waals surface area contributed by atoms with Crippen molar-refractivity contribution in [2.75, 3.05) is 13.2 Å². The van der Waals surface area contributed by atoms with Gasteiger partial charge in [0.15, 0.2) is 6.29 Å². The summed E-state index contributed by atoms with van der Waals surface area (Å²) in [5.74, 6) is -1.14. The molecule has 6 heteroatoms. The molecule has 0 radical (unpaired) electrons. The van der Waals surface area contributed by atoms with Crippen LogP contribution in [0.15, 0.2) is 30.3 Å². The highest BCUT2D eigenvalue weighted by atomic mass is 35.5. The van der Waals surface area contributed by atoms with E-state index in [-0.39, 0.29) is 23.3 Å². The standard InChI is InChI=1S/C25H28ClF3O2/c1-2-3-15-13-30-25(31-14-15)17-6-4-16(5-7-17)18-8-9-20(21(27)10-18)19-11-22(28)24(26)23(29)12-19/h8-12,15-17,25H,2-7,13-14H2,1H3. The van der Waals surface area contributed by atoms with E-state index < -0.39 is 22.5 Å². The summed E-state index contributed by atoms with van der Waals surface area (Å²) in [5.41, 5.74) is 1.22. The summed E-state index contributed by atoms with van der Waals surface area (Å²) in [4.78, 5) is 0. The minimum Gasteiger partial charge on any atom is -0.352 e. The lowest BCUT2D eigenvalue weighted by Gasteiger charge is -2.37. The van der Waals surface area contributed by atoms with Gasteiger partial charge in [0.1, 0.15) is 22.5 Å². The highest BCUT2D eigenvalue weighted by molar-refractivity contribution is 6.31. The lowest BCUT2D eigenvalue weighted by molar-refractivity contribution is -0.229. The summed E-state index contributed by atoms with van der Waals surface area (Å²) < 4.78 is 54.3. The van der Waals surface area contributed by atoms with Gasteiger partial charge in [0.05, 0.1) is 13.2 Å². The normalized spacial score (nSPS) is 26.7. The zero-order valence-electron chi connectivity index (χ0n) is 17.7. The molecule has 0 aromatic heterocycles.